The molecule has 5 heteroatoms. The van der Waals surface area contributed by atoms with Gasteiger partial charge in [-0.25, -0.2) is 14.3 Å². The lowest BCUT2D eigenvalue weighted by Crippen LogP contribution is -2.10. The van der Waals surface area contributed by atoms with E-state index >= 15 is 0 Å². The average molecular weight is 305 g/mol. The van der Waals surface area contributed by atoms with Crippen molar-refractivity contribution >= 4 is 27.9 Å². The minimum absolute atomic E-state index is 0.233. The third-order valence-electron chi connectivity index (χ3n) is 3.58. The number of pyridine rings is 1. The van der Waals surface area contributed by atoms with Crippen LogP contribution in [0.25, 0.3) is 16.6 Å². The lowest BCUT2D eigenvalue weighted by atomic mass is 10.1. The van der Waals surface area contributed by atoms with Crippen LogP contribution in [-0.2, 0) is 0 Å². The summed E-state index contributed by atoms with van der Waals surface area (Å²) in [5.74, 6) is 6.27. The van der Waals surface area contributed by atoms with Crippen LogP contribution >= 0.6 is 11.3 Å². The van der Waals surface area contributed by atoms with Crippen molar-refractivity contribution in [2.24, 2.45) is 0 Å². The third-order valence-corrected chi connectivity index (χ3v) is 4.26. The van der Waals surface area contributed by atoms with Gasteiger partial charge in [0.25, 0.3) is 0 Å². The van der Waals surface area contributed by atoms with Crippen LogP contribution in [0.1, 0.15) is 16.7 Å². The molecule has 3 aromatic heterocycles. The van der Waals surface area contributed by atoms with Gasteiger partial charge < -0.3 is 0 Å². The van der Waals surface area contributed by atoms with Gasteiger partial charge in [0, 0.05) is 21.9 Å². The van der Waals surface area contributed by atoms with Crippen molar-refractivity contribution in [3.8, 4) is 11.8 Å². The van der Waals surface area contributed by atoms with Gasteiger partial charge in [-0.2, -0.15) is 16.4 Å². The molecule has 0 amide bonds. The predicted octanol–water partition coefficient (Wildman–Crippen LogP) is 2.95. The Balaban J connectivity index is 1.98. The Labute approximate surface area is 130 Å². The lowest BCUT2D eigenvalue weighted by Gasteiger charge is -2.04. The molecule has 4 rings (SSSR count). The van der Waals surface area contributed by atoms with Gasteiger partial charge >= 0.3 is 5.69 Å². The first-order chi connectivity index (χ1) is 10.7. The summed E-state index contributed by atoms with van der Waals surface area (Å²) in [4.78, 5) is 12.0. The molecule has 22 heavy (non-hydrogen) atoms. The molecule has 1 N–H and O–H groups in total. The molecule has 0 aliphatic rings. The molecule has 0 aliphatic heterocycles. The largest absolute Gasteiger partial charge is 0.348 e. The summed E-state index contributed by atoms with van der Waals surface area (Å²) in [6.07, 6.45) is 0. The van der Waals surface area contributed by atoms with E-state index in [9.17, 15) is 4.79 Å². The van der Waals surface area contributed by atoms with Crippen LogP contribution in [0.4, 0.5) is 0 Å². The van der Waals surface area contributed by atoms with Crippen LogP contribution in [0.15, 0.2) is 45.9 Å². The molecule has 0 aliphatic carbocycles. The highest BCUT2D eigenvalue weighted by atomic mass is 32.1. The van der Waals surface area contributed by atoms with Crippen molar-refractivity contribution in [2.45, 2.75) is 6.92 Å². The Morgan fingerprint density at radius 1 is 1.18 bits per heavy atom. The number of benzene rings is 1. The second-order valence-electron chi connectivity index (χ2n) is 5.04. The molecule has 1 aromatic carbocycles. The number of H-pyrrole nitrogens is 1. The van der Waals surface area contributed by atoms with Crippen molar-refractivity contribution in [1.29, 1.82) is 0 Å². The Morgan fingerprint density at radius 2 is 2.05 bits per heavy atom. The highest BCUT2D eigenvalue weighted by Gasteiger charge is 2.08. The number of hydrogen-bond acceptors (Lipinski definition) is 3. The molecular formula is C17H11N3OS. The summed E-state index contributed by atoms with van der Waals surface area (Å²) in [5.41, 5.74) is 4.17. The molecule has 106 valence electrons. The van der Waals surface area contributed by atoms with Crippen LogP contribution in [-0.4, -0.2) is 14.6 Å². The molecule has 0 unspecified atom stereocenters. The van der Waals surface area contributed by atoms with E-state index in [0.29, 0.717) is 5.65 Å². The van der Waals surface area contributed by atoms with Gasteiger partial charge in [-0.05, 0) is 42.1 Å². The van der Waals surface area contributed by atoms with Crippen molar-refractivity contribution < 1.29 is 0 Å². The first-order valence-corrected chi connectivity index (χ1v) is 7.71. The fourth-order valence-corrected chi connectivity index (χ4v) is 3.11. The van der Waals surface area contributed by atoms with Crippen LogP contribution in [0.5, 0.6) is 0 Å². The predicted molar refractivity (Wildman–Crippen MR) is 88.4 cm³/mol. The van der Waals surface area contributed by atoms with Gasteiger partial charge in [0.2, 0.25) is 0 Å². The summed E-state index contributed by atoms with van der Waals surface area (Å²) >= 11 is 1.62. The first kappa shape index (κ1) is 12.9. The van der Waals surface area contributed by atoms with E-state index in [1.165, 1.54) is 0 Å². The second kappa shape index (κ2) is 4.86. The number of aromatic amines is 1. The minimum atomic E-state index is -0.233. The van der Waals surface area contributed by atoms with Crippen molar-refractivity contribution in [1.82, 2.24) is 14.6 Å². The van der Waals surface area contributed by atoms with Crippen LogP contribution in [0, 0.1) is 18.8 Å². The van der Waals surface area contributed by atoms with E-state index < -0.39 is 0 Å². The molecule has 0 fully saturated rings. The number of hydrogen-bond donors (Lipinski definition) is 1. The lowest BCUT2D eigenvalue weighted by molar-refractivity contribution is 1.04. The summed E-state index contributed by atoms with van der Waals surface area (Å²) in [6.45, 7) is 2.01. The first-order valence-electron chi connectivity index (χ1n) is 6.77. The average Bonchev–Trinajstić information content (AvgIpc) is 3.15. The highest BCUT2D eigenvalue weighted by molar-refractivity contribution is 7.08. The zero-order valence-electron chi connectivity index (χ0n) is 11.8. The number of thiophene rings is 1. The molecule has 0 saturated carbocycles. The fourth-order valence-electron chi connectivity index (χ4n) is 2.52. The van der Waals surface area contributed by atoms with E-state index in [4.69, 9.17) is 0 Å². The molecule has 0 atom stereocenters. The molecular weight excluding hydrogens is 294 g/mol. The van der Waals surface area contributed by atoms with Gasteiger partial charge in [0.1, 0.15) is 0 Å². The normalized spacial score (nSPS) is 10.8. The zero-order chi connectivity index (χ0) is 15.1. The van der Waals surface area contributed by atoms with E-state index in [1.54, 1.807) is 15.7 Å². The highest BCUT2D eigenvalue weighted by Crippen LogP contribution is 2.20. The smallest absolute Gasteiger partial charge is 0.246 e. The Morgan fingerprint density at radius 3 is 2.86 bits per heavy atom. The topological polar surface area (TPSA) is 50.2 Å². The molecule has 0 saturated heterocycles. The van der Waals surface area contributed by atoms with Gasteiger partial charge in [-0.3, -0.25) is 0 Å². The Hall–Kier alpha value is -2.84. The van der Waals surface area contributed by atoms with Gasteiger partial charge in [-0.15, -0.1) is 0 Å². The van der Waals surface area contributed by atoms with Crippen molar-refractivity contribution in [3.05, 3.63) is 68.3 Å². The molecule has 0 spiro atoms. The summed E-state index contributed by atoms with van der Waals surface area (Å²) in [6, 6.07) is 9.80. The van der Waals surface area contributed by atoms with Gasteiger partial charge in [0.15, 0.2) is 5.65 Å². The van der Waals surface area contributed by atoms with E-state index in [1.807, 2.05) is 48.0 Å². The second-order valence-corrected chi connectivity index (χ2v) is 5.82. The molecule has 0 radical (unpaired) electrons. The van der Waals surface area contributed by atoms with Crippen molar-refractivity contribution in [2.75, 3.05) is 0 Å². The SMILES string of the molecule is Cc1cc2n[nH]c(=O)n2c2cc(C#Cc3ccsc3)ccc12. The van der Waals surface area contributed by atoms with Crippen LogP contribution in [0.2, 0.25) is 0 Å². The monoisotopic (exact) mass is 305 g/mol. The Kier molecular flexibility index (Phi) is 2.84. The summed E-state index contributed by atoms with van der Waals surface area (Å²) in [5, 5.41) is 11.6. The molecule has 4 aromatic rings. The maximum absolute atomic E-state index is 12.0. The molecule has 4 nitrogen and oxygen atoms in total. The molecule has 0 bridgehead atoms. The number of nitrogens with one attached hydrogen (secondary N) is 1. The number of aryl methyl sites for hydroxylation is 1. The summed E-state index contributed by atoms with van der Waals surface area (Å²) in [7, 11) is 0. The van der Waals surface area contributed by atoms with Gasteiger partial charge in [-0.1, -0.05) is 17.9 Å². The van der Waals surface area contributed by atoms with Crippen LogP contribution in [0.3, 0.4) is 0 Å². The standard InChI is InChI=1S/C17H11N3OS/c1-11-8-16-18-19-17(21)20(16)15-9-12(4-5-14(11)15)2-3-13-6-7-22-10-13/h4-10H,1H3,(H,19,21). The number of nitrogens with zero attached hydrogens (tertiary/aromatic N) is 2. The van der Waals surface area contributed by atoms with E-state index in [0.717, 1.165) is 27.6 Å². The third kappa shape index (κ3) is 2.01. The Bertz CT molecular complexity index is 1110. The van der Waals surface area contributed by atoms with Crippen LogP contribution < -0.4 is 5.69 Å². The number of rotatable bonds is 0. The minimum Gasteiger partial charge on any atom is -0.246 e. The number of aromatic nitrogens is 3. The number of fused-ring (bicyclic) bond motifs is 3. The van der Waals surface area contributed by atoms with Crippen molar-refractivity contribution in [3.63, 3.8) is 0 Å². The fraction of sp³-hybridized carbons (Fsp3) is 0.0588. The molecule has 3 heterocycles. The van der Waals surface area contributed by atoms with E-state index in [-0.39, 0.29) is 5.69 Å². The van der Waals surface area contributed by atoms with E-state index in [2.05, 4.69) is 22.0 Å². The maximum atomic E-state index is 12.0. The summed E-state index contributed by atoms with van der Waals surface area (Å²) < 4.78 is 1.58. The zero-order valence-corrected chi connectivity index (χ0v) is 12.6. The van der Waals surface area contributed by atoms with Gasteiger partial charge in [0.05, 0.1) is 5.52 Å². The quantitative estimate of drug-likeness (QED) is 0.508. The maximum Gasteiger partial charge on any atom is 0.348 e.